The predicted molar refractivity (Wildman–Crippen MR) is 97.0 cm³/mol. The molecule has 0 radical (unpaired) electrons. The fourth-order valence-electron chi connectivity index (χ4n) is 2.87. The Balaban J connectivity index is 1.73. The molecule has 0 saturated heterocycles. The third-order valence-electron chi connectivity index (χ3n) is 4.70. The van der Waals surface area contributed by atoms with Gasteiger partial charge in [0.15, 0.2) is 0 Å². The van der Waals surface area contributed by atoms with Crippen molar-refractivity contribution in [1.82, 2.24) is 9.62 Å². The number of nitrogens with zero attached hydrogens (tertiary/aromatic N) is 1. The molecule has 1 saturated carbocycles. The molecule has 1 aliphatic carbocycles. The number of rotatable bonds is 6. The number of sulfonamides is 1. The molecule has 2 aromatic rings. The van der Waals surface area contributed by atoms with E-state index in [1.807, 2.05) is 18.2 Å². The van der Waals surface area contributed by atoms with E-state index >= 15 is 0 Å². The fraction of sp³-hybridized carbons (Fsp3) is 0.316. The van der Waals surface area contributed by atoms with Gasteiger partial charge in [-0.1, -0.05) is 36.4 Å². The summed E-state index contributed by atoms with van der Waals surface area (Å²) in [6.07, 6.45) is 2.10. The molecule has 25 heavy (non-hydrogen) atoms. The Morgan fingerprint density at radius 3 is 2.36 bits per heavy atom. The number of hydrogen-bond acceptors (Lipinski definition) is 3. The summed E-state index contributed by atoms with van der Waals surface area (Å²) in [7, 11) is -0.612. The molecule has 132 valence electrons. The van der Waals surface area contributed by atoms with Crippen LogP contribution in [-0.4, -0.2) is 39.3 Å². The van der Waals surface area contributed by atoms with E-state index < -0.39 is 10.0 Å². The van der Waals surface area contributed by atoms with E-state index in [0.29, 0.717) is 12.1 Å². The Kier molecular flexibility index (Phi) is 4.67. The molecule has 6 heteroatoms. The van der Waals surface area contributed by atoms with Crippen molar-refractivity contribution in [3.63, 3.8) is 0 Å². The number of hydrogen-bond donors (Lipinski definition) is 1. The number of carbonyl (C=O) groups is 1. The summed E-state index contributed by atoms with van der Waals surface area (Å²) in [5.41, 5.74) is 1.61. The van der Waals surface area contributed by atoms with Crippen LogP contribution >= 0.6 is 0 Å². The van der Waals surface area contributed by atoms with Crippen LogP contribution in [0.25, 0.3) is 0 Å². The van der Waals surface area contributed by atoms with Gasteiger partial charge in [-0.2, -0.15) is 0 Å². The van der Waals surface area contributed by atoms with Crippen LogP contribution < -0.4 is 5.32 Å². The molecule has 0 atom stereocenters. The zero-order valence-corrected chi connectivity index (χ0v) is 15.2. The van der Waals surface area contributed by atoms with Crippen LogP contribution in [0, 0.1) is 0 Å². The first kappa shape index (κ1) is 17.6. The van der Waals surface area contributed by atoms with Crippen LogP contribution in [-0.2, 0) is 15.4 Å². The second kappa shape index (κ2) is 6.61. The van der Waals surface area contributed by atoms with E-state index in [0.717, 1.165) is 17.1 Å². The normalized spacial score (nSPS) is 15.8. The van der Waals surface area contributed by atoms with Gasteiger partial charge in [-0.15, -0.1) is 0 Å². The van der Waals surface area contributed by atoms with Gasteiger partial charge in [0.1, 0.15) is 0 Å². The minimum atomic E-state index is -3.55. The summed E-state index contributed by atoms with van der Waals surface area (Å²) >= 11 is 0. The van der Waals surface area contributed by atoms with Crippen LogP contribution in [0.3, 0.4) is 0 Å². The maximum absolute atomic E-state index is 12.5. The summed E-state index contributed by atoms with van der Waals surface area (Å²) in [4.78, 5) is 12.6. The molecule has 0 bridgehead atoms. The van der Waals surface area contributed by atoms with Crippen molar-refractivity contribution in [3.8, 4) is 0 Å². The van der Waals surface area contributed by atoms with Crippen molar-refractivity contribution in [2.45, 2.75) is 23.2 Å². The second-order valence-electron chi connectivity index (χ2n) is 6.64. The largest absolute Gasteiger partial charge is 0.351 e. The number of nitrogens with one attached hydrogen (secondary N) is 1. The van der Waals surface area contributed by atoms with Crippen LogP contribution in [0.1, 0.15) is 28.8 Å². The SMILES string of the molecule is CN(C)S(=O)(=O)c1cccc(C(=O)NCC2(c3ccccc3)CC2)c1. The molecule has 1 fully saturated rings. The molecule has 0 aliphatic heterocycles. The Hall–Kier alpha value is -2.18. The Morgan fingerprint density at radius 1 is 1.08 bits per heavy atom. The van der Waals surface area contributed by atoms with Gasteiger partial charge in [0, 0.05) is 31.6 Å². The number of benzene rings is 2. The molecule has 1 aliphatic rings. The van der Waals surface area contributed by atoms with Crippen LogP contribution in [0.2, 0.25) is 0 Å². The lowest BCUT2D eigenvalue weighted by Gasteiger charge is -2.17. The third kappa shape index (κ3) is 3.60. The van der Waals surface area contributed by atoms with Gasteiger partial charge in [0.25, 0.3) is 5.91 Å². The van der Waals surface area contributed by atoms with Crippen molar-refractivity contribution >= 4 is 15.9 Å². The van der Waals surface area contributed by atoms with Gasteiger partial charge < -0.3 is 5.32 Å². The quantitative estimate of drug-likeness (QED) is 0.862. The first-order chi connectivity index (χ1) is 11.8. The average molecular weight is 358 g/mol. The van der Waals surface area contributed by atoms with E-state index in [1.54, 1.807) is 12.1 Å². The molecule has 1 amide bonds. The molecule has 3 rings (SSSR count). The predicted octanol–water partition coefficient (Wildman–Crippen LogP) is 2.40. The van der Waals surface area contributed by atoms with Gasteiger partial charge in [0.05, 0.1) is 4.90 Å². The fourth-order valence-corrected chi connectivity index (χ4v) is 3.82. The van der Waals surface area contributed by atoms with Crippen molar-refractivity contribution in [1.29, 1.82) is 0 Å². The van der Waals surface area contributed by atoms with Gasteiger partial charge in [-0.3, -0.25) is 4.79 Å². The zero-order chi connectivity index (χ0) is 18.1. The van der Waals surface area contributed by atoms with Gasteiger partial charge in [-0.05, 0) is 36.6 Å². The van der Waals surface area contributed by atoms with E-state index in [1.165, 1.54) is 31.8 Å². The standard InChI is InChI=1S/C19H22N2O3S/c1-21(2)25(23,24)17-10-6-7-15(13-17)18(22)20-14-19(11-12-19)16-8-4-3-5-9-16/h3-10,13H,11-12,14H2,1-2H3,(H,20,22). The van der Waals surface area contributed by atoms with Crippen molar-refractivity contribution in [3.05, 3.63) is 65.7 Å². The lowest BCUT2D eigenvalue weighted by molar-refractivity contribution is 0.0949. The summed E-state index contributed by atoms with van der Waals surface area (Å²) in [6.45, 7) is 0.556. The maximum Gasteiger partial charge on any atom is 0.251 e. The average Bonchev–Trinajstić information content (AvgIpc) is 3.41. The van der Waals surface area contributed by atoms with Crippen molar-refractivity contribution in [2.75, 3.05) is 20.6 Å². The van der Waals surface area contributed by atoms with Gasteiger partial charge >= 0.3 is 0 Å². The molecule has 0 unspecified atom stereocenters. The molecule has 2 aromatic carbocycles. The Labute approximate surface area is 148 Å². The van der Waals surface area contributed by atoms with Crippen LogP contribution in [0.5, 0.6) is 0 Å². The summed E-state index contributed by atoms with van der Waals surface area (Å²) < 4.78 is 25.6. The first-order valence-electron chi connectivity index (χ1n) is 8.21. The Morgan fingerprint density at radius 2 is 1.76 bits per heavy atom. The second-order valence-corrected chi connectivity index (χ2v) is 8.80. The third-order valence-corrected chi connectivity index (χ3v) is 6.51. The van der Waals surface area contributed by atoms with E-state index in [4.69, 9.17) is 0 Å². The summed E-state index contributed by atoms with van der Waals surface area (Å²) in [5.74, 6) is -0.252. The molecule has 1 N–H and O–H groups in total. The highest BCUT2D eigenvalue weighted by Gasteiger charge is 2.44. The zero-order valence-electron chi connectivity index (χ0n) is 14.4. The maximum atomic E-state index is 12.5. The molecule has 0 heterocycles. The topological polar surface area (TPSA) is 66.5 Å². The number of amides is 1. The molecular weight excluding hydrogens is 336 g/mol. The summed E-state index contributed by atoms with van der Waals surface area (Å²) in [5, 5.41) is 2.96. The monoisotopic (exact) mass is 358 g/mol. The lowest BCUT2D eigenvalue weighted by Crippen LogP contribution is -2.32. The molecule has 0 spiro atoms. The molecule has 0 aromatic heterocycles. The van der Waals surface area contributed by atoms with E-state index in [2.05, 4.69) is 17.4 Å². The van der Waals surface area contributed by atoms with E-state index in [-0.39, 0.29) is 16.2 Å². The Bertz CT molecular complexity index is 873. The first-order valence-corrected chi connectivity index (χ1v) is 9.65. The molecule has 5 nitrogen and oxygen atoms in total. The van der Waals surface area contributed by atoms with Gasteiger partial charge in [0.2, 0.25) is 10.0 Å². The minimum absolute atomic E-state index is 0.0181. The number of carbonyl (C=O) groups excluding carboxylic acids is 1. The highest BCUT2D eigenvalue weighted by Crippen LogP contribution is 2.47. The van der Waals surface area contributed by atoms with E-state index in [9.17, 15) is 13.2 Å². The van der Waals surface area contributed by atoms with Crippen molar-refractivity contribution < 1.29 is 13.2 Å². The van der Waals surface area contributed by atoms with Crippen LogP contribution in [0.4, 0.5) is 0 Å². The van der Waals surface area contributed by atoms with Crippen molar-refractivity contribution in [2.24, 2.45) is 0 Å². The lowest BCUT2D eigenvalue weighted by atomic mass is 9.96. The summed E-state index contributed by atoms with van der Waals surface area (Å²) in [6, 6.07) is 16.3. The minimum Gasteiger partial charge on any atom is -0.351 e. The van der Waals surface area contributed by atoms with Crippen LogP contribution in [0.15, 0.2) is 59.5 Å². The van der Waals surface area contributed by atoms with Gasteiger partial charge in [-0.25, -0.2) is 12.7 Å². The highest BCUT2D eigenvalue weighted by molar-refractivity contribution is 7.89. The molecular formula is C19H22N2O3S. The smallest absolute Gasteiger partial charge is 0.251 e. The highest BCUT2D eigenvalue weighted by atomic mass is 32.2.